The monoisotopic (exact) mass is 349 g/mol. The molecule has 24 heavy (non-hydrogen) atoms. The summed E-state index contributed by atoms with van der Waals surface area (Å²) in [5, 5.41) is 16.5. The number of benzene rings is 2. The van der Waals surface area contributed by atoms with Gasteiger partial charge in [-0.2, -0.15) is 5.10 Å². The third-order valence-corrected chi connectivity index (χ3v) is 2.94. The first-order valence-electron chi connectivity index (χ1n) is 7.31. The Morgan fingerprint density at radius 2 is 1.88 bits per heavy atom. The molecule has 0 aromatic heterocycles. The number of nitrogens with one attached hydrogen (secondary N) is 2. The Hall–Kier alpha value is -2.73. The number of hydrogen-bond acceptors (Lipinski definition) is 4. The van der Waals surface area contributed by atoms with Gasteiger partial charge in [0.15, 0.2) is 11.5 Å². The average molecular weight is 350 g/mol. The number of carbonyl (C=O) groups excluding carboxylic acids is 1. The molecule has 2 aromatic carbocycles. The fourth-order valence-corrected chi connectivity index (χ4v) is 1.76. The second-order valence-corrected chi connectivity index (χ2v) is 4.70. The maximum atomic E-state index is 11.6. The van der Waals surface area contributed by atoms with Crippen LogP contribution in [0.5, 0.6) is 11.5 Å². The third kappa shape index (κ3) is 6.18. The van der Waals surface area contributed by atoms with E-state index in [0.717, 1.165) is 0 Å². The molecule has 0 heterocycles. The van der Waals surface area contributed by atoms with Crippen LogP contribution < -0.4 is 15.5 Å². The summed E-state index contributed by atoms with van der Waals surface area (Å²) in [5.74, 6) is 0.364. The van der Waals surface area contributed by atoms with E-state index >= 15 is 0 Å². The topological polar surface area (TPSA) is 83.0 Å². The lowest BCUT2D eigenvalue weighted by Gasteiger charge is -2.05. The van der Waals surface area contributed by atoms with Gasteiger partial charge in [-0.05, 0) is 48.0 Å². The average Bonchev–Trinajstić information content (AvgIpc) is 2.60. The molecule has 7 heteroatoms. The standard InChI is InChI=1S/C15H14ClN3O3.C2H6/c1-22-14-8-10(2-7-13(14)20)9-17-19-15(21)18-12-5-3-11(16)4-6-12;1-2/h2-9,20H,1H3,(H2,18,19,21);1-2H3/b17-9+;. The van der Waals surface area contributed by atoms with Gasteiger partial charge in [0.2, 0.25) is 0 Å². The second-order valence-electron chi connectivity index (χ2n) is 4.26. The zero-order valence-corrected chi connectivity index (χ0v) is 14.5. The Labute approximate surface area is 146 Å². The molecule has 0 saturated carbocycles. The van der Waals surface area contributed by atoms with Crippen LogP contribution in [0.1, 0.15) is 19.4 Å². The van der Waals surface area contributed by atoms with E-state index in [1.807, 2.05) is 13.8 Å². The van der Waals surface area contributed by atoms with E-state index in [-0.39, 0.29) is 5.75 Å². The normalized spacial score (nSPS) is 9.83. The smallest absolute Gasteiger partial charge is 0.339 e. The number of phenolic OH excluding ortho intramolecular Hbond substituents is 1. The van der Waals surface area contributed by atoms with E-state index < -0.39 is 6.03 Å². The summed E-state index contributed by atoms with van der Waals surface area (Å²) in [6.07, 6.45) is 1.43. The van der Waals surface area contributed by atoms with Crippen LogP contribution in [-0.4, -0.2) is 24.5 Å². The van der Waals surface area contributed by atoms with Crippen molar-refractivity contribution in [2.75, 3.05) is 12.4 Å². The first kappa shape index (κ1) is 19.3. The number of carbonyl (C=O) groups is 1. The number of ether oxygens (including phenoxy) is 1. The van der Waals surface area contributed by atoms with Crippen molar-refractivity contribution in [3.05, 3.63) is 53.1 Å². The molecule has 6 nitrogen and oxygen atoms in total. The highest BCUT2D eigenvalue weighted by atomic mass is 35.5. The quantitative estimate of drug-likeness (QED) is 0.570. The predicted octanol–water partition coefficient (Wildman–Crippen LogP) is 4.24. The number of rotatable bonds is 4. The van der Waals surface area contributed by atoms with Gasteiger partial charge in [-0.1, -0.05) is 25.4 Å². The van der Waals surface area contributed by atoms with E-state index in [2.05, 4.69) is 15.8 Å². The van der Waals surface area contributed by atoms with Crippen molar-refractivity contribution < 1.29 is 14.6 Å². The SMILES string of the molecule is CC.COc1cc(/C=N/NC(=O)Nc2ccc(Cl)cc2)ccc1O. The highest BCUT2D eigenvalue weighted by Crippen LogP contribution is 2.25. The largest absolute Gasteiger partial charge is 0.504 e. The molecule has 0 spiro atoms. The second kappa shape index (κ2) is 10.1. The Balaban J connectivity index is 0.00000139. The highest BCUT2D eigenvalue weighted by molar-refractivity contribution is 6.30. The molecule has 0 atom stereocenters. The van der Waals surface area contributed by atoms with Gasteiger partial charge in [-0.3, -0.25) is 0 Å². The van der Waals surface area contributed by atoms with Crippen LogP contribution in [-0.2, 0) is 0 Å². The molecule has 2 amide bonds. The number of aromatic hydroxyl groups is 1. The summed E-state index contributed by atoms with van der Waals surface area (Å²) in [7, 11) is 1.45. The molecule has 0 aliphatic heterocycles. The van der Waals surface area contributed by atoms with Crippen molar-refractivity contribution >= 4 is 29.5 Å². The molecule has 0 unspecified atom stereocenters. The minimum Gasteiger partial charge on any atom is -0.504 e. The van der Waals surface area contributed by atoms with Crippen LogP contribution in [0.25, 0.3) is 0 Å². The molecule has 2 rings (SSSR count). The van der Waals surface area contributed by atoms with Crippen molar-refractivity contribution in [1.29, 1.82) is 0 Å². The maximum absolute atomic E-state index is 11.6. The van der Waals surface area contributed by atoms with Crippen LogP contribution in [0.3, 0.4) is 0 Å². The van der Waals surface area contributed by atoms with E-state index in [1.165, 1.54) is 19.4 Å². The summed E-state index contributed by atoms with van der Waals surface area (Å²) in [6.45, 7) is 4.00. The van der Waals surface area contributed by atoms with Gasteiger partial charge in [0.1, 0.15) is 0 Å². The van der Waals surface area contributed by atoms with Gasteiger partial charge in [-0.15, -0.1) is 0 Å². The van der Waals surface area contributed by atoms with Gasteiger partial charge >= 0.3 is 6.03 Å². The molecule has 0 radical (unpaired) electrons. The number of urea groups is 1. The number of hydrazone groups is 1. The zero-order chi connectivity index (χ0) is 17.9. The first-order valence-corrected chi connectivity index (χ1v) is 7.69. The number of nitrogens with zero attached hydrogens (tertiary/aromatic N) is 1. The molecule has 128 valence electrons. The highest BCUT2D eigenvalue weighted by Gasteiger charge is 2.02. The molecule has 3 N–H and O–H groups in total. The van der Waals surface area contributed by atoms with Crippen LogP contribution in [0.15, 0.2) is 47.6 Å². The summed E-state index contributed by atoms with van der Waals surface area (Å²) in [5.41, 5.74) is 3.60. The molecule has 0 saturated heterocycles. The fourth-order valence-electron chi connectivity index (χ4n) is 1.63. The van der Waals surface area contributed by atoms with E-state index in [0.29, 0.717) is 22.0 Å². The molecule has 2 aromatic rings. The van der Waals surface area contributed by atoms with Gasteiger partial charge in [-0.25, -0.2) is 10.2 Å². The maximum Gasteiger partial charge on any atom is 0.339 e. The van der Waals surface area contributed by atoms with Gasteiger partial charge in [0, 0.05) is 10.7 Å². The van der Waals surface area contributed by atoms with Crippen LogP contribution in [0.2, 0.25) is 5.02 Å². The van der Waals surface area contributed by atoms with Crippen LogP contribution >= 0.6 is 11.6 Å². The molecule has 0 fully saturated rings. The number of hydrogen-bond donors (Lipinski definition) is 3. The van der Waals surface area contributed by atoms with Crippen molar-refractivity contribution in [3.63, 3.8) is 0 Å². The number of phenols is 1. The van der Waals surface area contributed by atoms with E-state index in [9.17, 15) is 9.90 Å². The van der Waals surface area contributed by atoms with Crippen molar-refractivity contribution in [3.8, 4) is 11.5 Å². The Morgan fingerprint density at radius 1 is 1.21 bits per heavy atom. The Bertz CT molecular complexity index is 688. The summed E-state index contributed by atoms with van der Waals surface area (Å²) >= 11 is 5.76. The molecule has 0 aliphatic carbocycles. The minimum atomic E-state index is -0.482. The zero-order valence-electron chi connectivity index (χ0n) is 13.7. The predicted molar refractivity (Wildman–Crippen MR) is 97.2 cm³/mol. The van der Waals surface area contributed by atoms with E-state index in [4.69, 9.17) is 16.3 Å². The Kier molecular flexibility index (Phi) is 8.15. The van der Waals surface area contributed by atoms with Crippen molar-refractivity contribution in [1.82, 2.24) is 5.43 Å². The summed E-state index contributed by atoms with van der Waals surface area (Å²) in [4.78, 5) is 11.6. The van der Waals surface area contributed by atoms with E-state index in [1.54, 1.807) is 36.4 Å². The lowest BCUT2D eigenvalue weighted by Crippen LogP contribution is -2.24. The lowest BCUT2D eigenvalue weighted by atomic mass is 10.2. The van der Waals surface area contributed by atoms with Crippen molar-refractivity contribution in [2.24, 2.45) is 5.10 Å². The van der Waals surface area contributed by atoms with Crippen molar-refractivity contribution in [2.45, 2.75) is 13.8 Å². The summed E-state index contributed by atoms with van der Waals surface area (Å²) in [6, 6.07) is 10.9. The number of halogens is 1. The number of methoxy groups -OCH3 is 1. The van der Waals surface area contributed by atoms with Gasteiger partial charge in [0.05, 0.1) is 13.3 Å². The molecule has 0 bridgehead atoms. The first-order chi connectivity index (χ1) is 11.6. The van der Waals surface area contributed by atoms with Gasteiger partial charge in [0.25, 0.3) is 0 Å². The lowest BCUT2D eigenvalue weighted by molar-refractivity contribution is 0.252. The molecule has 0 aliphatic rings. The molecular formula is C17H20ClN3O3. The third-order valence-electron chi connectivity index (χ3n) is 2.69. The molecular weight excluding hydrogens is 330 g/mol. The van der Waals surface area contributed by atoms with Crippen LogP contribution in [0.4, 0.5) is 10.5 Å². The number of amides is 2. The minimum absolute atomic E-state index is 0.0353. The number of anilines is 1. The van der Waals surface area contributed by atoms with Crippen LogP contribution in [0, 0.1) is 0 Å². The summed E-state index contributed by atoms with van der Waals surface area (Å²) < 4.78 is 4.98. The van der Waals surface area contributed by atoms with Gasteiger partial charge < -0.3 is 15.2 Å². The fraction of sp³-hybridized carbons (Fsp3) is 0.176. The Morgan fingerprint density at radius 3 is 2.50 bits per heavy atom.